The van der Waals surface area contributed by atoms with Crippen molar-refractivity contribution in [2.75, 3.05) is 7.11 Å². The standard InChI is InChI=1S/C10H9Cl3O/c1-14-10(2-3-10)6-4-8(12)9(13)5-7(6)11/h4-5H,2-3H2,1H3. The van der Waals surface area contributed by atoms with Crippen LogP contribution in [0.1, 0.15) is 18.4 Å². The SMILES string of the molecule is COC1(c2cc(Cl)c(Cl)cc2Cl)CC1. The monoisotopic (exact) mass is 250 g/mol. The molecular formula is C10H9Cl3O. The summed E-state index contributed by atoms with van der Waals surface area (Å²) in [4.78, 5) is 0. The topological polar surface area (TPSA) is 9.23 Å². The van der Waals surface area contributed by atoms with E-state index in [1.54, 1.807) is 19.2 Å². The largest absolute Gasteiger partial charge is 0.373 e. The van der Waals surface area contributed by atoms with Crippen LogP contribution in [-0.2, 0) is 10.3 Å². The molecule has 0 atom stereocenters. The van der Waals surface area contributed by atoms with Gasteiger partial charge < -0.3 is 4.74 Å². The second-order valence-electron chi connectivity index (χ2n) is 3.44. The third-order valence-electron chi connectivity index (χ3n) is 2.60. The fourth-order valence-corrected chi connectivity index (χ4v) is 2.29. The Hall–Kier alpha value is 0.0500. The van der Waals surface area contributed by atoms with Gasteiger partial charge in [-0.25, -0.2) is 0 Å². The molecule has 0 radical (unpaired) electrons. The minimum Gasteiger partial charge on any atom is -0.373 e. The quantitative estimate of drug-likeness (QED) is 0.713. The maximum Gasteiger partial charge on any atom is 0.0944 e. The van der Waals surface area contributed by atoms with Crippen LogP contribution in [0.15, 0.2) is 12.1 Å². The number of benzene rings is 1. The van der Waals surface area contributed by atoms with E-state index < -0.39 is 0 Å². The molecule has 0 bridgehead atoms. The molecule has 4 heteroatoms. The van der Waals surface area contributed by atoms with Crippen molar-refractivity contribution in [3.8, 4) is 0 Å². The van der Waals surface area contributed by atoms with Gasteiger partial charge in [-0.05, 0) is 25.0 Å². The molecule has 0 aromatic heterocycles. The highest BCUT2D eigenvalue weighted by atomic mass is 35.5. The van der Waals surface area contributed by atoms with Crippen LogP contribution < -0.4 is 0 Å². The zero-order chi connectivity index (χ0) is 10.3. The van der Waals surface area contributed by atoms with E-state index in [-0.39, 0.29) is 5.60 Å². The van der Waals surface area contributed by atoms with Crippen molar-refractivity contribution < 1.29 is 4.74 Å². The van der Waals surface area contributed by atoms with E-state index in [0.717, 1.165) is 18.4 Å². The molecule has 1 nitrogen and oxygen atoms in total. The van der Waals surface area contributed by atoms with Crippen LogP contribution in [0.4, 0.5) is 0 Å². The summed E-state index contributed by atoms with van der Waals surface area (Å²) in [6, 6.07) is 3.46. The van der Waals surface area contributed by atoms with Crippen LogP contribution in [0.25, 0.3) is 0 Å². The Bertz CT molecular complexity index is 372. The summed E-state index contributed by atoms with van der Waals surface area (Å²) in [5, 5.41) is 1.63. The van der Waals surface area contributed by atoms with Crippen LogP contribution in [0.5, 0.6) is 0 Å². The Morgan fingerprint density at radius 3 is 2.14 bits per heavy atom. The maximum atomic E-state index is 6.08. The molecule has 1 aliphatic carbocycles. The van der Waals surface area contributed by atoms with Crippen molar-refractivity contribution in [3.63, 3.8) is 0 Å². The van der Waals surface area contributed by atoms with Crippen LogP contribution in [0.3, 0.4) is 0 Å². The lowest BCUT2D eigenvalue weighted by molar-refractivity contribution is 0.0790. The van der Waals surface area contributed by atoms with Crippen LogP contribution in [0.2, 0.25) is 15.1 Å². The highest BCUT2D eigenvalue weighted by Gasteiger charge is 2.46. The van der Waals surface area contributed by atoms with Gasteiger partial charge in [-0.1, -0.05) is 34.8 Å². The molecule has 0 saturated heterocycles. The minimum absolute atomic E-state index is 0.217. The number of hydrogen-bond donors (Lipinski definition) is 0. The molecule has 0 aliphatic heterocycles. The minimum atomic E-state index is -0.217. The van der Waals surface area contributed by atoms with Crippen molar-refractivity contribution in [2.24, 2.45) is 0 Å². The molecule has 1 aliphatic rings. The first kappa shape index (κ1) is 10.6. The van der Waals surface area contributed by atoms with Gasteiger partial charge in [0.2, 0.25) is 0 Å². The first-order valence-electron chi connectivity index (χ1n) is 4.29. The van der Waals surface area contributed by atoms with Gasteiger partial charge >= 0.3 is 0 Å². The summed E-state index contributed by atoms with van der Waals surface area (Å²) in [6.07, 6.45) is 1.97. The summed E-state index contributed by atoms with van der Waals surface area (Å²) in [6.45, 7) is 0. The molecule has 1 aromatic carbocycles. The smallest absolute Gasteiger partial charge is 0.0944 e. The van der Waals surface area contributed by atoms with Crippen LogP contribution in [0, 0.1) is 0 Å². The third-order valence-corrected chi connectivity index (χ3v) is 3.63. The van der Waals surface area contributed by atoms with E-state index in [1.807, 2.05) is 0 Å². The highest BCUT2D eigenvalue weighted by Crippen LogP contribution is 2.52. The number of methoxy groups -OCH3 is 1. The second-order valence-corrected chi connectivity index (χ2v) is 4.67. The zero-order valence-electron chi connectivity index (χ0n) is 7.61. The molecule has 0 unspecified atom stereocenters. The molecular weight excluding hydrogens is 242 g/mol. The Morgan fingerprint density at radius 1 is 1.07 bits per heavy atom. The van der Waals surface area contributed by atoms with Gasteiger partial charge in [0.15, 0.2) is 0 Å². The second kappa shape index (κ2) is 3.57. The van der Waals surface area contributed by atoms with Crippen molar-refractivity contribution in [1.29, 1.82) is 0 Å². The normalized spacial score (nSPS) is 18.3. The summed E-state index contributed by atoms with van der Waals surface area (Å²) >= 11 is 17.9. The summed E-state index contributed by atoms with van der Waals surface area (Å²) in [7, 11) is 1.69. The number of ether oxygens (including phenoxy) is 1. The molecule has 1 aromatic rings. The Balaban J connectivity index is 2.49. The van der Waals surface area contributed by atoms with E-state index in [4.69, 9.17) is 39.5 Å². The molecule has 1 fully saturated rings. The molecule has 1 saturated carbocycles. The molecule has 2 rings (SSSR count). The first-order valence-corrected chi connectivity index (χ1v) is 5.43. The van der Waals surface area contributed by atoms with E-state index in [9.17, 15) is 0 Å². The predicted octanol–water partition coefficient (Wildman–Crippen LogP) is 4.28. The third kappa shape index (κ3) is 1.63. The Labute approximate surface area is 97.9 Å². The van der Waals surface area contributed by atoms with Crippen LogP contribution in [-0.4, -0.2) is 7.11 Å². The zero-order valence-corrected chi connectivity index (χ0v) is 9.88. The van der Waals surface area contributed by atoms with Crippen molar-refractivity contribution in [3.05, 3.63) is 32.8 Å². The van der Waals surface area contributed by atoms with Crippen molar-refractivity contribution >= 4 is 34.8 Å². The van der Waals surface area contributed by atoms with E-state index in [2.05, 4.69) is 0 Å². The number of rotatable bonds is 2. The highest BCUT2D eigenvalue weighted by molar-refractivity contribution is 6.43. The Kier molecular flexibility index (Phi) is 2.69. The lowest BCUT2D eigenvalue weighted by Crippen LogP contribution is -2.09. The molecule has 14 heavy (non-hydrogen) atoms. The first-order chi connectivity index (χ1) is 6.59. The molecule has 76 valence electrons. The molecule has 0 spiro atoms. The van der Waals surface area contributed by atoms with Gasteiger partial charge in [0.05, 0.1) is 15.6 Å². The summed E-state index contributed by atoms with van der Waals surface area (Å²) in [5.74, 6) is 0. The van der Waals surface area contributed by atoms with Gasteiger partial charge in [-0.2, -0.15) is 0 Å². The fourth-order valence-electron chi connectivity index (χ4n) is 1.57. The van der Waals surface area contributed by atoms with Gasteiger partial charge in [0.25, 0.3) is 0 Å². The van der Waals surface area contributed by atoms with Gasteiger partial charge in [0.1, 0.15) is 0 Å². The lowest BCUT2D eigenvalue weighted by atomic mass is 10.1. The fraction of sp³-hybridized carbons (Fsp3) is 0.400. The predicted molar refractivity (Wildman–Crippen MR) is 59.4 cm³/mol. The van der Waals surface area contributed by atoms with E-state index in [0.29, 0.717) is 15.1 Å². The van der Waals surface area contributed by atoms with E-state index >= 15 is 0 Å². The van der Waals surface area contributed by atoms with Crippen LogP contribution >= 0.6 is 34.8 Å². The number of halogens is 3. The summed E-state index contributed by atoms with van der Waals surface area (Å²) < 4.78 is 5.42. The molecule has 0 heterocycles. The average molecular weight is 252 g/mol. The summed E-state index contributed by atoms with van der Waals surface area (Å²) in [5.41, 5.74) is 0.724. The Morgan fingerprint density at radius 2 is 1.64 bits per heavy atom. The van der Waals surface area contributed by atoms with Crippen molar-refractivity contribution in [2.45, 2.75) is 18.4 Å². The number of hydrogen-bond acceptors (Lipinski definition) is 1. The molecule has 0 N–H and O–H groups in total. The van der Waals surface area contributed by atoms with Crippen molar-refractivity contribution in [1.82, 2.24) is 0 Å². The van der Waals surface area contributed by atoms with Gasteiger partial charge in [-0.3, -0.25) is 0 Å². The lowest BCUT2D eigenvalue weighted by Gasteiger charge is -2.16. The van der Waals surface area contributed by atoms with Gasteiger partial charge in [0, 0.05) is 17.7 Å². The van der Waals surface area contributed by atoms with E-state index in [1.165, 1.54) is 0 Å². The maximum absolute atomic E-state index is 6.08. The average Bonchev–Trinajstić information content (AvgIpc) is 2.92. The van der Waals surface area contributed by atoms with Gasteiger partial charge in [-0.15, -0.1) is 0 Å². The molecule has 0 amide bonds.